The van der Waals surface area contributed by atoms with Crippen molar-refractivity contribution in [3.05, 3.63) is 40.5 Å². The van der Waals surface area contributed by atoms with Gasteiger partial charge in [-0.25, -0.2) is 0 Å². The van der Waals surface area contributed by atoms with Gasteiger partial charge in [-0.2, -0.15) is 13.2 Å². The fourth-order valence-corrected chi connectivity index (χ4v) is 3.56. The maximum atomic E-state index is 14.0. The highest BCUT2D eigenvalue weighted by Gasteiger charge is 2.64. The number of rotatable bonds is 14. The van der Waals surface area contributed by atoms with E-state index in [1.165, 1.54) is 0 Å². The first-order chi connectivity index (χ1) is 14.6. The molecule has 0 amide bonds. The summed E-state index contributed by atoms with van der Waals surface area (Å²) in [4.78, 5) is 33.7. The van der Waals surface area contributed by atoms with Gasteiger partial charge in [0.25, 0.3) is 0 Å². The summed E-state index contributed by atoms with van der Waals surface area (Å²) in [6, 6.07) is 0. The summed E-state index contributed by atoms with van der Waals surface area (Å²) in [5.74, 6) is -9.55. The van der Waals surface area contributed by atoms with Crippen LogP contribution in [0.15, 0.2) is 0 Å². The Morgan fingerprint density at radius 1 is 0.636 bits per heavy atom. The van der Waals surface area contributed by atoms with Crippen LogP contribution in [-0.2, 0) is 14.2 Å². The van der Waals surface area contributed by atoms with Crippen LogP contribution in [0.3, 0.4) is 0 Å². The molecular formula is C8H6Cl3F5N4O11S2. The summed E-state index contributed by atoms with van der Waals surface area (Å²) in [5, 5.41) is 38.7. The maximum absolute atomic E-state index is 14.0. The molecule has 0 spiro atoms. The molecule has 15 nitrogen and oxygen atoms in total. The lowest BCUT2D eigenvalue weighted by molar-refractivity contribution is -0.837. The van der Waals surface area contributed by atoms with Gasteiger partial charge in [0.15, 0.2) is 0 Å². The fourth-order valence-electron chi connectivity index (χ4n) is 1.17. The zero-order chi connectivity index (χ0) is 26.5. The standard InChI is InChI=1S/C8H6Cl3F5N4O11S2/c9-7(10,11)32-33-8(29-1-4(12,13)14,30-2-5(15,17(21)22)18(23)24)31-3-6(16,19(25)26)20(27)28/h1-3H2. The number of nitro groups is 4. The second kappa shape index (κ2) is 11.4. The minimum atomic E-state index is -5.32. The Balaban J connectivity index is 6.30. The SMILES string of the molecule is O=[N+]([O-])C(F)(COC(OCC(F)(F)F)(OCC(F)([N+](=O)[O-])[N+](=O)[O-])SSC(Cl)(Cl)Cl)[N+](=O)[O-]. The van der Waals surface area contributed by atoms with Crippen LogP contribution in [0.1, 0.15) is 0 Å². The summed E-state index contributed by atoms with van der Waals surface area (Å²) in [6.45, 7) is -7.37. The van der Waals surface area contributed by atoms with Crippen LogP contribution in [0.5, 0.6) is 0 Å². The zero-order valence-corrected chi connectivity index (χ0v) is 18.6. The molecule has 0 fully saturated rings. The average molecular weight is 600 g/mol. The van der Waals surface area contributed by atoms with E-state index in [-0.39, 0.29) is 10.8 Å². The monoisotopic (exact) mass is 598 g/mol. The van der Waals surface area contributed by atoms with Gasteiger partial charge in [0, 0.05) is 10.8 Å². The lowest BCUT2D eigenvalue weighted by Gasteiger charge is -2.32. The van der Waals surface area contributed by atoms with Crippen LogP contribution in [0.25, 0.3) is 0 Å². The molecule has 0 aromatic rings. The molecule has 33 heavy (non-hydrogen) atoms. The number of halogens is 8. The van der Waals surface area contributed by atoms with Crippen molar-refractivity contribution in [3.63, 3.8) is 0 Å². The molecule has 0 aliphatic carbocycles. The molecule has 0 aromatic carbocycles. The molecule has 0 rings (SSSR count). The van der Waals surface area contributed by atoms with Gasteiger partial charge in [-0.15, -0.1) is 0 Å². The second-order valence-corrected chi connectivity index (χ2v) is 10.5. The lowest BCUT2D eigenvalue weighted by atomic mass is 10.5. The van der Waals surface area contributed by atoms with Crippen LogP contribution in [0.4, 0.5) is 22.0 Å². The smallest absolute Gasteiger partial charge is 0.308 e. The van der Waals surface area contributed by atoms with E-state index in [1.807, 2.05) is 0 Å². The van der Waals surface area contributed by atoms with Gasteiger partial charge in [-0.3, -0.25) is 49.9 Å². The molecule has 192 valence electrons. The Morgan fingerprint density at radius 3 is 1.18 bits per heavy atom. The zero-order valence-electron chi connectivity index (χ0n) is 14.7. The number of ether oxygens (including phenoxy) is 3. The molecule has 0 aliphatic heterocycles. The van der Waals surface area contributed by atoms with Crippen molar-refractivity contribution in [2.75, 3.05) is 19.8 Å². The lowest BCUT2D eigenvalue weighted by Crippen LogP contribution is -2.53. The van der Waals surface area contributed by atoms with Gasteiger partial charge >= 0.3 is 23.3 Å². The van der Waals surface area contributed by atoms with Crippen molar-refractivity contribution in [3.8, 4) is 0 Å². The first kappa shape index (κ1) is 31.7. The van der Waals surface area contributed by atoms with Gasteiger partial charge in [0.2, 0.25) is 16.3 Å². The third-order valence-electron chi connectivity index (χ3n) is 2.64. The topological polar surface area (TPSA) is 200 Å². The summed E-state index contributed by atoms with van der Waals surface area (Å²) in [6.07, 6.45) is -5.32. The van der Waals surface area contributed by atoms with Crippen molar-refractivity contribution >= 4 is 56.4 Å². The van der Waals surface area contributed by atoms with Crippen molar-refractivity contribution in [1.82, 2.24) is 0 Å². The highest BCUT2D eigenvalue weighted by Crippen LogP contribution is 2.52. The van der Waals surface area contributed by atoms with Crippen LogP contribution >= 0.6 is 56.4 Å². The van der Waals surface area contributed by atoms with Gasteiger partial charge in [0.05, 0.1) is 0 Å². The molecule has 0 radical (unpaired) electrons. The van der Waals surface area contributed by atoms with E-state index in [1.54, 1.807) is 0 Å². The predicted molar refractivity (Wildman–Crippen MR) is 97.8 cm³/mol. The quantitative estimate of drug-likeness (QED) is 0.0536. The first-order valence-electron chi connectivity index (χ1n) is 6.98. The van der Waals surface area contributed by atoms with E-state index in [0.29, 0.717) is 0 Å². The van der Waals surface area contributed by atoms with Crippen molar-refractivity contribution in [2.45, 2.75) is 26.4 Å². The first-order valence-corrected chi connectivity index (χ1v) is 10.3. The highest BCUT2D eigenvalue weighted by atomic mass is 35.6. The Bertz CT molecular complexity index is 685. The van der Waals surface area contributed by atoms with E-state index in [0.717, 1.165) is 0 Å². The van der Waals surface area contributed by atoms with E-state index in [4.69, 9.17) is 34.8 Å². The second-order valence-electron chi connectivity index (χ2n) is 5.06. The summed E-state index contributed by atoms with van der Waals surface area (Å²) >= 11 is 15.9. The van der Waals surface area contributed by atoms with E-state index in [2.05, 4.69) is 14.2 Å². The summed E-state index contributed by atoms with van der Waals surface area (Å²) in [5.41, 5.74) is 0. The Hall–Kier alpha value is -1.30. The Morgan fingerprint density at radius 2 is 0.939 bits per heavy atom. The highest BCUT2D eigenvalue weighted by molar-refractivity contribution is 8.78. The van der Waals surface area contributed by atoms with Crippen LogP contribution in [0.2, 0.25) is 0 Å². The van der Waals surface area contributed by atoms with E-state index >= 15 is 0 Å². The number of nitrogens with zero attached hydrogens (tertiary/aromatic N) is 4. The summed E-state index contributed by atoms with van der Waals surface area (Å²) in [7, 11) is -0.753. The molecule has 0 aliphatic rings. The molecule has 0 heterocycles. The Kier molecular flexibility index (Phi) is 11.0. The number of alkyl halides is 8. The Labute approximate surface area is 199 Å². The van der Waals surface area contributed by atoms with Crippen molar-refractivity contribution < 1.29 is 55.9 Å². The van der Waals surface area contributed by atoms with E-state index < -0.39 is 76.7 Å². The van der Waals surface area contributed by atoms with Crippen molar-refractivity contribution in [1.29, 1.82) is 0 Å². The molecule has 0 aromatic heterocycles. The van der Waals surface area contributed by atoms with Crippen LogP contribution in [0, 0.1) is 40.5 Å². The largest absolute Gasteiger partial charge is 0.637 e. The minimum Gasteiger partial charge on any atom is -0.308 e. The molecule has 0 atom stereocenters. The number of hydrogen-bond acceptors (Lipinski definition) is 13. The molecule has 25 heteroatoms. The van der Waals surface area contributed by atoms with Gasteiger partial charge < -0.3 is 4.74 Å². The third-order valence-corrected chi connectivity index (χ3v) is 6.60. The van der Waals surface area contributed by atoms with E-state index in [9.17, 15) is 62.4 Å². The van der Waals surface area contributed by atoms with Crippen LogP contribution in [-0.4, -0.2) is 66.0 Å². The molecule has 0 N–H and O–H groups in total. The fraction of sp³-hybridized carbons (Fsp3) is 1.00. The van der Waals surface area contributed by atoms with Gasteiger partial charge in [-0.05, 0) is 10.8 Å². The van der Waals surface area contributed by atoms with Crippen LogP contribution < -0.4 is 0 Å². The average Bonchev–Trinajstić information content (AvgIpc) is 2.64. The van der Waals surface area contributed by atoms with Crippen molar-refractivity contribution in [2.24, 2.45) is 0 Å². The molecule has 0 bridgehead atoms. The maximum Gasteiger partial charge on any atom is 0.637 e. The number of hydrogen-bond donors (Lipinski definition) is 0. The summed E-state index contributed by atoms with van der Waals surface area (Å²) < 4.78 is 75.8. The normalized spacial score (nSPS) is 13.6. The predicted octanol–water partition coefficient (Wildman–Crippen LogP) is 3.27. The molecule has 0 saturated heterocycles. The third kappa shape index (κ3) is 9.84. The molecule has 0 saturated carbocycles. The minimum absolute atomic E-state index is 0.228. The van der Waals surface area contributed by atoms with Gasteiger partial charge in [-0.1, -0.05) is 43.6 Å². The van der Waals surface area contributed by atoms with Gasteiger partial charge in [0.1, 0.15) is 26.3 Å². The molecule has 0 unspecified atom stereocenters. The molecular weight excluding hydrogens is 594 g/mol.